The van der Waals surface area contributed by atoms with Crippen molar-refractivity contribution in [3.63, 3.8) is 0 Å². The predicted molar refractivity (Wildman–Crippen MR) is 81.9 cm³/mol. The fraction of sp³-hybridized carbons (Fsp3) is 0.412. The third-order valence-electron chi connectivity index (χ3n) is 4.88. The van der Waals surface area contributed by atoms with E-state index in [0.29, 0.717) is 12.1 Å². The smallest absolute Gasteiger partial charge is 0.255 e. The zero-order valence-corrected chi connectivity index (χ0v) is 11.9. The molecule has 4 heteroatoms. The zero-order valence-electron chi connectivity index (χ0n) is 11.9. The average molecular weight is 281 g/mol. The summed E-state index contributed by atoms with van der Waals surface area (Å²) in [6, 6.07) is 10.5. The number of pyridine rings is 1. The summed E-state index contributed by atoms with van der Waals surface area (Å²) >= 11 is 0. The van der Waals surface area contributed by atoms with E-state index >= 15 is 0 Å². The molecule has 2 saturated heterocycles. The lowest BCUT2D eigenvalue weighted by atomic mass is 9.96. The van der Waals surface area contributed by atoms with Gasteiger partial charge >= 0.3 is 0 Å². The van der Waals surface area contributed by atoms with Crippen LogP contribution < -0.4 is 5.73 Å². The maximum atomic E-state index is 13.0. The maximum absolute atomic E-state index is 13.0. The van der Waals surface area contributed by atoms with Gasteiger partial charge in [-0.1, -0.05) is 12.1 Å². The Bertz CT molecular complexity index is 680. The number of hydrogen-bond donors (Lipinski definition) is 1. The molecule has 2 fully saturated rings. The number of hydrogen-bond acceptors (Lipinski definition) is 3. The average Bonchev–Trinajstić information content (AvgIpc) is 2.78. The summed E-state index contributed by atoms with van der Waals surface area (Å²) in [5.41, 5.74) is 7.75. The fourth-order valence-electron chi connectivity index (χ4n) is 3.98. The van der Waals surface area contributed by atoms with Gasteiger partial charge in [0.1, 0.15) is 0 Å². The van der Waals surface area contributed by atoms with Crippen molar-refractivity contribution in [2.24, 2.45) is 5.73 Å². The minimum atomic E-state index is 0.146. The molecule has 1 aromatic carbocycles. The molecule has 2 bridgehead atoms. The second-order valence-corrected chi connectivity index (χ2v) is 6.20. The van der Waals surface area contributed by atoms with Crippen molar-refractivity contribution in [1.29, 1.82) is 0 Å². The van der Waals surface area contributed by atoms with Crippen molar-refractivity contribution in [3.8, 4) is 0 Å². The van der Waals surface area contributed by atoms with E-state index in [4.69, 9.17) is 5.73 Å². The fourth-order valence-corrected chi connectivity index (χ4v) is 3.98. The molecule has 2 unspecified atom stereocenters. The Kier molecular flexibility index (Phi) is 2.93. The predicted octanol–water partition coefficient (Wildman–Crippen LogP) is 2.33. The van der Waals surface area contributed by atoms with Gasteiger partial charge in [-0.15, -0.1) is 0 Å². The molecule has 0 spiro atoms. The normalized spacial score (nSPS) is 28.0. The van der Waals surface area contributed by atoms with Gasteiger partial charge in [0.05, 0.1) is 5.52 Å². The van der Waals surface area contributed by atoms with Crippen LogP contribution in [0.5, 0.6) is 0 Å². The second kappa shape index (κ2) is 4.81. The zero-order chi connectivity index (χ0) is 14.4. The van der Waals surface area contributed by atoms with E-state index in [2.05, 4.69) is 9.88 Å². The Balaban J connectivity index is 1.74. The van der Waals surface area contributed by atoms with Gasteiger partial charge in [0.15, 0.2) is 0 Å². The molecule has 4 nitrogen and oxygen atoms in total. The summed E-state index contributed by atoms with van der Waals surface area (Å²) in [5, 5.41) is 0.944. The van der Waals surface area contributed by atoms with Gasteiger partial charge in [-0.2, -0.15) is 0 Å². The third kappa shape index (κ3) is 2.02. The Hall–Kier alpha value is -1.94. The van der Waals surface area contributed by atoms with Gasteiger partial charge in [-0.3, -0.25) is 9.78 Å². The first-order chi connectivity index (χ1) is 10.2. The van der Waals surface area contributed by atoms with Crippen LogP contribution in [0.1, 0.15) is 36.0 Å². The number of aromatic nitrogens is 1. The summed E-state index contributed by atoms with van der Waals surface area (Å²) in [7, 11) is 0. The Morgan fingerprint density at radius 3 is 2.67 bits per heavy atom. The summed E-state index contributed by atoms with van der Waals surface area (Å²) in [4.78, 5) is 19.5. The molecule has 21 heavy (non-hydrogen) atoms. The number of fused-ring (bicyclic) bond motifs is 3. The van der Waals surface area contributed by atoms with Crippen molar-refractivity contribution >= 4 is 16.8 Å². The monoisotopic (exact) mass is 281 g/mol. The van der Waals surface area contributed by atoms with E-state index in [1.807, 2.05) is 30.3 Å². The summed E-state index contributed by atoms with van der Waals surface area (Å²) in [6.45, 7) is 0. The Labute approximate surface area is 124 Å². The number of rotatable bonds is 1. The molecule has 0 saturated carbocycles. The molecular weight excluding hydrogens is 262 g/mol. The number of nitrogens with two attached hydrogens (primary N) is 1. The summed E-state index contributed by atoms with van der Waals surface area (Å²) < 4.78 is 0. The molecule has 1 aromatic heterocycles. The molecule has 0 aliphatic carbocycles. The van der Waals surface area contributed by atoms with Crippen LogP contribution in [0, 0.1) is 0 Å². The van der Waals surface area contributed by atoms with Crippen LogP contribution in [-0.4, -0.2) is 33.9 Å². The van der Waals surface area contributed by atoms with E-state index in [1.165, 1.54) is 0 Å². The van der Waals surface area contributed by atoms with Crippen LogP contribution in [-0.2, 0) is 0 Å². The minimum absolute atomic E-state index is 0.146. The van der Waals surface area contributed by atoms with Crippen LogP contribution in [0.3, 0.4) is 0 Å². The molecule has 2 N–H and O–H groups in total. The highest BCUT2D eigenvalue weighted by molar-refractivity contribution is 6.06. The van der Waals surface area contributed by atoms with Gasteiger partial charge in [0, 0.05) is 35.3 Å². The molecule has 2 aromatic rings. The lowest BCUT2D eigenvalue weighted by Crippen LogP contribution is -2.50. The van der Waals surface area contributed by atoms with Crippen LogP contribution in [0.4, 0.5) is 0 Å². The Morgan fingerprint density at radius 1 is 1.14 bits per heavy atom. The molecular formula is C17H19N3O. The highest BCUT2D eigenvalue weighted by Crippen LogP contribution is 2.36. The molecule has 2 aliphatic heterocycles. The number of amides is 1. The molecule has 3 heterocycles. The van der Waals surface area contributed by atoms with Crippen molar-refractivity contribution in [3.05, 3.63) is 42.1 Å². The first-order valence-corrected chi connectivity index (χ1v) is 7.66. The van der Waals surface area contributed by atoms with E-state index in [-0.39, 0.29) is 11.9 Å². The lowest BCUT2D eigenvalue weighted by Gasteiger charge is -2.38. The van der Waals surface area contributed by atoms with Crippen LogP contribution >= 0.6 is 0 Å². The summed E-state index contributed by atoms with van der Waals surface area (Å²) in [5.74, 6) is 0.146. The van der Waals surface area contributed by atoms with Gasteiger partial charge in [-0.05, 0) is 43.9 Å². The molecule has 1 amide bonds. The van der Waals surface area contributed by atoms with Crippen LogP contribution in [0.25, 0.3) is 10.9 Å². The maximum Gasteiger partial charge on any atom is 0.255 e. The van der Waals surface area contributed by atoms with Gasteiger partial charge < -0.3 is 10.6 Å². The standard InChI is InChI=1S/C17H19N3O/c18-11-9-12-6-7-13(10-11)20(12)17(21)15-3-1-5-16-14(15)4-2-8-19-16/h1-5,8,11-13H,6-7,9-10,18H2. The molecule has 108 valence electrons. The lowest BCUT2D eigenvalue weighted by molar-refractivity contribution is 0.0577. The first kappa shape index (κ1) is 12.8. The van der Waals surface area contributed by atoms with E-state index in [1.54, 1.807) is 6.20 Å². The second-order valence-electron chi connectivity index (χ2n) is 6.20. The van der Waals surface area contributed by atoms with Gasteiger partial charge in [0.2, 0.25) is 0 Å². The molecule has 2 aliphatic rings. The topological polar surface area (TPSA) is 59.2 Å². The summed E-state index contributed by atoms with van der Waals surface area (Å²) in [6.07, 6.45) is 5.82. The number of piperidine rings is 1. The van der Waals surface area contributed by atoms with Gasteiger partial charge in [0.25, 0.3) is 5.91 Å². The Morgan fingerprint density at radius 2 is 1.90 bits per heavy atom. The number of carbonyl (C=O) groups excluding carboxylic acids is 1. The number of nitrogens with zero attached hydrogens (tertiary/aromatic N) is 2. The van der Waals surface area contributed by atoms with Crippen LogP contribution in [0.2, 0.25) is 0 Å². The molecule has 4 rings (SSSR count). The van der Waals surface area contributed by atoms with Gasteiger partial charge in [-0.25, -0.2) is 0 Å². The molecule has 0 radical (unpaired) electrons. The third-order valence-corrected chi connectivity index (χ3v) is 4.88. The van der Waals surface area contributed by atoms with Crippen molar-refractivity contribution in [2.75, 3.05) is 0 Å². The van der Waals surface area contributed by atoms with E-state index in [0.717, 1.165) is 42.1 Å². The number of benzene rings is 1. The van der Waals surface area contributed by atoms with Crippen LogP contribution in [0.15, 0.2) is 36.5 Å². The van der Waals surface area contributed by atoms with E-state index in [9.17, 15) is 4.79 Å². The SMILES string of the molecule is NC1CC2CCC(C1)N2C(=O)c1cccc2ncccc12. The van der Waals surface area contributed by atoms with E-state index < -0.39 is 0 Å². The largest absolute Gasteiger partial charge is 0.333 e. The first-order valence-electron chi connectivity index (χ1n) is 7.66. The highest BCUT2D eigenvalue weighted by atomic mass is 16.2. The number of carbonyl (C=O) groups is 1. The molecule has 2 atom stereocenters. The highest BCUT2D eigenvalue weighted by Gasteiger charge is 2.42. The van der Waals surface area contributed by atoms with Crippen molar-refractivity contribution in [2.45, 2.75) is 43.8 Å². The van der Waals surface area contributed by atoms with Crippen molar-refractivity contribution in [1.82, 2.24) is 9.88 Å². The minimum Gasteiger partial charge on any atom is -0.333 e. The quantitative estimate of drug-likeness (QED) is 0.872. The van der Waals surface area contributed by atoms with Crippen molar-refractivity contribution < 1.29 is 4.79 Å².